The Labute approximate surface area is 182 Å². The van der Waals surface area contributed by atoms with E-state index < -0.39 is 0 Å². The largest absolute Gasteiger partial charge is 0.318 e. The van der Waals surface area contributed by atoms with Gasteiger partial charge in [-0.3, -0.25) is 14.5 Å². The number of hydrogen-bond acceptors (Lipinski definition) is 3. The Morgan fingerprint density at radius 2 is 1.69 bits per heavy atom. The summed E-state index contributed by atoms with van der Waals surface area (Å²) in [5, 5.41) is -0.230. The molecular formula is C23H19BrN2O2S. The summed E-state index contributed by atoms with van der Waals surface area (Å²) in [5.41, 5.74) is 5.03. The second kappa shape index (κ2) is 8.05. The normalized spacial score (nSPS) is 15.6. The lowest BCUT2D eigenvalue weighted by atomic mass is 10.2. The maximum Gasteiger partial charge on any atom is 0.293 e. The molecule has 0 atom stereocenters. The Kier molecular flexibility index (Phi) is 5.48. The first-order valence-corrected chi connectivity index (χ1v) is 10.8. The van der Waals surface area contributed by atoms with Gasteiger partial charge >= 0.3 is 0 Å². The molecule has 1 aliphatic rings. The van der Waals surface area contributed by atoms with E-state index in [1.807, 2.05) is 80.6 Å². The topological polar surface area (TPSA) is 42.3 Å². The van der Waals surface area contributed by atoms with Gasteiger partial charge in [-0.25, -0.2) is 0 Å². The number of halogens is 1. The smallest absolute Gasteiger partial charge is 0.293 e. The predicted octanol–water partition coefficient (Wildman–Crippen LogP) is 6.09. The van der Waals surface area contributed by atoms with E-state index in [1.54, 1.807) is 0 Å². The Hall–Kier alpha value is -2.57. The molecule has 3 aromatic rings. The van der Waals surface area contributed by atoms with Gasteiger partial charge in [0.15, 0.2) is 0 Å². The van der Waals surface area contributed by atoms with Crippen molar-refractivity contribution in [2.24, 2.45) is 0 Å². The number of aromatic nitrogens is 1. The summed E-state index contributed by atoms with van der Waals surface area (Å²) in [4.78, 5) is 27.0. The van der Waals surface area contributed by atoms with E-state index in [-0.39, 0.29) is 11.1 Å². The molecule has 4 nitrogen and oxygen atoms in total. The number of amides is 2. The Balaban J connectivity index is 1.63. The van der Waals surface area contributed by atoms with E-state index in [4.69, 9.17) is 0 Å². The van der Waals surface area contributed by atoms with Gasteiger partial charge in [0.25, 0.3) is 11.1 Å². The van der Waals surface area contributed by atoms with Gasteiger partial charge in [-0.2, -0.15) is 0 Å². The molecule has 1 saturated heterocycles. The van der Waals surface area contributed by atoms with Gasteiger partial charge in [-0.15, -0.1) is 0 Å². The zero-order valence-electron chi connectivity index (χ0n) is 16.1. The van der Waals surface area contributed by atoms with Crippen LogP contribution in [0.4, 0.5) is 4.79 Å². The first-order chi connectivity index (χ1) is 13.9. The highest BCUT2D eigenvalue weighted by Gasteiger charge is 2.35. The quantitative estimate of drug-likeness (QED) is 0.436. The summed E-state index contributed by atoms with van der Waals surface area (Å²) in [7, 11) is 0. The zero-order valence-corrected chi connectivity index (χ0v) is 18.5. The fraction of sp³-hybridized carbons (Fsp3) is 0.130. The van der Waals surface area contributed by atoms with E-state index >= 15 is 0 Å². The van der Waals surface area contributed by atoms with Gasteiger partial charge in [0.05, 0.1) is 11.4 Å². The molecule has 0 aliphatic carbocycles. The number of nitrogens with zero attached hydrogens (tertiary/aromatic N) is 2. The third-order valence-corrected chi connectivity index (χ3v) is 6.33. The third-order valence-electron chi connectivity index (χ3n) is 4.90. The summed E-state index contributed by atoms with van der Waals surface area (Å²) in [6.07, 6.45) is 1.83. The number of hydrogen-bond donors (Lipinski definition) is 0. The highest BCUT2D eigenvalue weighted by atomic mass is 79.9. The summed E-state index contributed by atoms with van der Waals surface area (Å²) >= 11 is 4.46. The van der Waals surface area contributed by atoms with Crippen LogP contribution >= 0.6 is 27.7 Å². The van der Waals surface area contributed by atoms with Crippen LogP contribution in [0.5, 0.6) is 0 Å². The van der Waals surface area contributed by atoms with Crippen molar-refractivity contribution in [1.29, 1.82) is 0 Å². The number of carbonyl (C=O) groups excluding carboxylic acids is 2. The first kappa shape index (κ1) is 19.7. The number of thioether (sulfide) groups is 1. The predicted molar refractivity (Wildman–Crippen MR) is 121 cm³/mol. The molecule has 1 aromatic heterocycles. The van der Waals surface area contributed by atoms with E-state index in [9.17, 15) is 9.59 Å². The molecule has 29 heavy (non-hydrogen) atoms. The molecule has 0 radical (unpaired) electrons. The van der Waals surface area contributed by atoms with Crippen molar-refractivity contribution in [2.75, 3.05) is 0 Å². The number of rotatable bonds is 4. The molecule has 2 aromatic carbocycles. The number of aryl methyl sites for hydroxylation is 1. The van der Waals surface area contributed by atoms with Gasteiger partial charge in [-0.1, -0.05) is 46.3 Å². The molecular weight excluding hydrogens is 448 g/mol. The number of imide groups is 1. The lowest BCUT2D eigenvalue weighted by Gasteiger charge is -2.12. The van der Waals surface area contributed by atoms with Crippen molar-refractivity contribution < 1.29 is 9.59 Å². The number of carbonyl (C=O) groups is 2. The second-order valence-corrected chi connectivity index (χ2v) is 8.80. The maximum absolute atomic E-state index is 12.8. The van der Waals surface area contributed by atoms with Crippen molar-refractivity contribution in [3.8, 4) is 5.69 Å². The minimum atomic E-state index is -0.239. The van der Waals surface area contributed by atoms with Gasteiger partial charge in [0.2, 0.25) is 0 Å². The van der Waals surface area contributed by atoms with Crippen LogP contribution in [0.1, 0.15) is 22.5 Å². The number of benzene rings is 2. The lowest BCUT2D eigenvalue weighted by molar-refractivity contribution is -0.123. The summed E-state index contributed by atoms with van der Waals surface area (Å²) in [6.45, 7) is 4.35. The van der Waals surface area contributed by atoms with Crippen LogP contribution in [-0.4, -0.2) is 20.6 Å². The fourth-order valence-electron chi connectivity index (χ4n) is 3.46. The molecule has 0 unspecified atom stereocenters. The molecule has 1 fully saturated rings. The molecule has 0 N–H and O–H groups in total. The van der Waals surface area contributed by atoms with Gasteiger partial charge in [-0.05, 0) is 73.1 Å². The average Bonchev–Trinajstić information content (AvgIpc) is 3.13. The lowest BCUT2D eigenvalue weighted by Crippen LogP contribution is -2.27. The van der Waals surface area contributed by atoms with E-state index in [2.05, 4.69) is 20.5 Å². The van der Waals surface area contributed by atoms with Crippen LogP contribution in [-0.2, 0) is 11.3 Å². The zero-order chi connectivity index (χ0) is 20.5. The van der Waals surface area contributed by atoms with E-state index in [1.165, 1.54) is 4.90 Å². The second-order valence-electron chi connectivity index (χ2n) is 6.89. The highest BCUT2D eigenvalue weighted by molar-refractivity contribution is 9.10. The first-order valence-electron chi connectivity index (χ1n) is 9.18. The summed E-state index contributed by atoms with van der Waals surface area (Å²) < 4.78 is 3.17. The van der Waals surface area contributed by atoms with Crippen LogP contribution in [0, 0.1) is 13.8 Å². The third kappa shape index (κ3) is 3.95. The molecule has 1 aliphatic heterocycles. The molecule has 146 valence electrons. The minimum absolute atomic E-state index is 0.230. The summed E-state index contributed by atoms with van der Waals surface area (Å²) in [6, 6.07) is 19.7. The van der Waals surface area contributed by atoms with Crippen LogP contribution in [0.3, 0.4) is 0 Å². The monoisotopic (exact) mass is 466 g/mol. The van der Waals surface area contributed by atoms with Crippen molar-refractivity contribution in [3.63, 3.8) is 0 Å². The van der Waals surface area contributed by atoms with Crippen LogP contribution in [0.15, 0.2) is 70.0 Å². The van der Waals surface area contributed by atoms with Crippen LogP contribution < -0.4 is 0 Å². The molecule has 6 heteroatoms. The maximum atomic E-state index is 12.8. The van der Waals surface area contributed by atoms with Crippen molar-refractivity contribution in [2.45, 2.75) is 20.4 Å². The van der Waals surface area contributed by atoms with E-state index in [0.29, 0.717) is 11.4 Å². The molecule has 2 amide bonds. The van der Waals surface area contributed by atoms with Crippen molar-refractivity contribution in [3.05, 3.63) is 92.6 Å². The average molecular weight is 467 g/mol. The van der Waals surface area contributed by atoms with Gasteiger partial charge in [0, 0.05) is 21.5 Å². The van der Waals surface area contributed by atoms with Crippen LogP contribution in [0.25, 0.3) is 11.8 Å². The molecule has 0 bridgehead atoms. The molecule has 4 rings (SSSR count). The Bertz CT molecular complexity index is 1120. The molecule has 0 saturated carbocycles. The highest BCUT2D eigenvalue weighted by Crippen LogP contribution is 2.34. The van der Waals surface area contributed by atoms with Crippen LogP contribution in [0.2, 0.25) is 0 Å². The fourth-order valence-corrected chi connectivity index (χ4v) is 4.56. The molecule has 2 heterocycles. The van der Waals surface area contributed by atoms with Crippen molar-refractivity contribution >= 4 is 44.9 Å². The minimum Gasteiger partial charge on any atom is -0.318 e. The SMILES string of the molecule is Cc1cc(/C=C2\SC(=O)N(Cc3ccccc3)C2=O)c(C)n1-c1ccc(Br)cc1. The Morgan fingerprint density at radius 1 is 1.00 bits per heavy atom. The van der Waals surface area contributed by atoms with E-state index in [0.717, 1.165) is 44.4 Å². The van der Waals surface area contributed by atoms with Gasteiger partial charge < -0.3 is 4.57 Å². The standard InChI is InChI=1S/C23H19BrN2O2S/c1-15-12-18(16(2)26(15)20-10-8-19(24)9-11-20)13-21-22(27)25(23(28)29-21)14-17-6-4-3-5-7-17/h3-13H,14H2,1-2H3/b21-13-. The molecule has 0 spiro atoms. The van der Waals surface area contributed by atoms with Crippen molar-refractivity contribution in [1.82, 2.24) is 9.47 Å². The summed E-state index contributed by atoms with van der Waals surface area (Å²) in [5.74, 6) is -0.239. The Morgan fingerprint density at radius 3 is 2.38 bits per heavy atom. The van der Waals surface area contributed by atoms with Gasteiger partial charge in [0.1, 0.15) is 0 Å².